The van der Waals surface area contributed by atoms with Gasteiger partial charge in [0.2, 0.25) is 11.9 Å². The van der Waals surface area contributed by atoms with Crippen LogP contribution in [0.5, 0.6) is 0 Å². The van der Waals surface area contributed by atoms with Gasteiger partial charge in [0, 0.05) is 5.56 Å². The SMILES string of the molecule is O=C(O[C@@]1(C(=O)c2ccccc2)C(=O)OC(=O)[C@@H]1O)c1ccccc1. The topological polar surface area (TPSA) is 107 Å². The Morgan fingerprint density at radius 1 is 0.920 bits per heavy atom. The molecular weight excluding hydrogens is 328 g/mol. The van der Waals surface area contributed by atoms with Crippen molar-refractivity contribution in [3.63, 3.8) is 0 Å². The predicted molar refractivity (Wildman–Crippen MR) is 82.5 cm³/mol. The number of hydrogen-bond acceptors (Lipinski definition) is 7. The van der Waals surface area contributed by atoms with Crippen LogP contribution in [0.1, 0.15) is 20.7 Å². The molecule has 2 aromatic rings. The van der Waals surface area contributed by atoms with Crippen LogP contribution in [0.15, 0.2) is 60.7 Å². The van der Waals surface area contributed by atoms with E-state index >= 15 is 0 Å². The van der Waals surface area contributed by atoms with Crippen molar-refractivity contribution in [2.45, 2.75) is 11.7 Å². The van der Waals surface area contributed by atoms with E-state index in [-0.39, 0.29) is 11.1 Å². The third-order valence-corrected chi connectivity index (χ3v) is 3.74. The van der Waals surface area contributed by atoms with Crippen molar-refractivity contribution in [2.75, 3.05) is 0 Å². The number of aliphatic hydroxyl groups is 1. The highest BCUT2D eigenvalue weighted by molar-refractivity contribution is 6.24. The Morgan fingerprint density at radius 2 is 1.44 bits per heavy atom. The number of Topliss-reactive ketones (excluding diaryl/α,β-unsaturated/α-hetero) is 1. The van der Waals surface area contributed by atoms with E-state index in [2.05, 4.69) is 4.74 Å². The quantitative estimate of drug-likeness (QED) is 0.501. The van der Waals surface area contributed by atoms with E-state index in [0.717, 1.165) is 0 Å². The number of benzene rings is 2. The molecule has 0 aliphatic carbocycles. The van der Waals surface area contributed by atoms with E-state index in [1.165, 1.54) is 36.4 Å². The maximum Gasteiger partial charge on any atom is 0.370 e. The molecule has 0 amide bonds. The molecule has 1 fully saturated rings. The van der Waals surface area contributed by atoms with Crippen molar-refractivity contribution < 1.29 is 33.8 Å². The fraction of sp³-hybridized carbons (Fsp3) is 0.111. The Hall–Kier alpha value is -3.32. The van der Waals surface area contributed by atoms with Gasteiger partial charge in [-0.2, -0.15) is 0 Å². The van der Waals surface area contributed by atoms with Gasteiger partial charge < -0.3 is 14.6 Å². The molecule has 1 N–H and O–H groups in total. The number of ketones is 1. The third kappa shape index (κ3) is 2.70. The minimum Gasteiger partial charge on any atom is -0.431 e. The number of hydrogen-bond donors (Lipinski definition) is 1. The minimum absolute atomic E-state index is 0.0194. The lowest BCUT2D eigenvalue weighted by molar-refractivity contribution is -0.157. The average molecular weight is 340 g/mol. The number of cyclic esters (lactones) is 2. The zero-order chi connectivity index (χ0) is 18.0. The van der Waals surface area contributed by atoms with Crippen LogP contribution in [-0.4, -0.2) is 40.5 Å². The molecule has 0 spiro atoms. The van der Waals surface area contributed by atoms with Gasteiger partial charge in [0.05, 0.1) is 5.56 Å². The van der Waals surface area contributed by atoms with Gasteiger partial charge in [0.25, 0.3) is 0 Å². The Labute approximate surface area is 141 Å². The number of aliphatic hydroxyl groups excluding tert-OH is 1. The number of carbonyl (C=O) groups excluding carboxylic acids is 4. The van der Waals surface area contributed by atoms with E-state index in [0.29, 0.717) is 0 Å². The highest BCUT2D eigenvalue weighted by Gasteiger charge is 2.66. The first-order chi connectivity index (χ1) is 12.0. The van der Waals surface area contributed by atoms with Crippen LogP contribution in [0.3, 0.4) is 0 Å². The van der Waals surface area contributed by atoms with Gasteiger partial charge in [-0.3, -0.25) is 4.79 Å². The largest absolute Gasteiger partial charge is 0.431 e. The normalized spacial score (nSPS) is 22.4. The summed E-state index contributed by atoms with van der Waals surface area (Å²) in [4.78, 5) is 49.0. The Balaban J connectivity index is 2.05. The lowest BCUT2D eigenvalue weighted by Crippen LogP contribution is -2.55. The lowest BCUT2D eigenvalue weighted by atomic mass is 9.88. The first kappa shape index (κ1) is 16.5. The molecule has 0 unspecified atom stereocenters. The highest BCUT2D eigenvalue weighted by atomic mass is 16.7. The van der Waals surface area contributed by atoms with Crippen molar-refractivity contribution >= 4 is 23.7 Å². The fourth-order valence-corrected chi connectivity index (χ4v) is 2.44. The van der Waals surface area contributed by atoms with E-state index in [9.17, 15) is 24.3 Å². The number of esters is 3. The summed E-state index contributed by atoms with van der Waals surface area (Å²) in [5.41, 5.74) is -2.75. The van der Waals surface area contributed by atoms with Crippen LogP contribution < -0.4 is 0 Å². The van der Waals surface area contributed by atoms with Gasteiger partial charge in [0.15, 0.2) is 0 Å². The Bertz CT molecular complexity index is 844. The number of ether oxygens (including phenoxy) is 2. The van der Waals surface area contributed by atoms with Crippen LogP contribution in [-0.2, 0) is 19.1 Å². The van der Waals surface area contributed by atoms with Gasteiger partial charge in [0.1, 0.15) is 0 Å². The van der Waals surface area contributed by atoms with Crippen molar-refractivity contribution in [1.29, 1.82) is 0 Å². The molecule has 126 valence electrons. The van der Waals surface area contributed by atoms with E-state index in [1.54, 1.807) is 24.3 Å². The summed E-state index contributed by atoms with van der Waals surface area (Å²) in [6.45, 7) is 0. The summed E-state index contributed by atoms with van der Waals surface area (Å²) in [5.74, 6) is -4.87. The second-order valence-electron chi connectivity index (χ2n) is 5.30. The van der Waals surface area contributed by atoms with Gasteiger partial charge in [-0.1, -0.05) is 48.5 Å². The van der Waals surface area contributed by atoms with Gasteiger partial charge in [-0.05, 0) is 12.1 Å². The summed E-state index contributed by atoms with van der Waals surface area (Å²) < 4.78 is 9.41. The maximum atomic E-state index is 12.8. The summed E-state index contributed by atoms with van der Waals surface area (Å²) in [5, 5.41) is 10.1. The molecule has 1 saturated heterocycles. The Morgan fingerprint density at radius 3 is 1.92 bits per heavy atom. The zero-order valence-corrected chi connectivity index (χ0v) is 12.7. The average Bonchev–Trinajstić information content (AvgIpc) is 2.86. The molecule has 25 heavy (non-hydrogen) atoms. The fourth-order valence-electron chi connectivity index (χ4n) is 2.44. The van der Waals surface area contributed by atoms with Crippen molar-refractivity contribution in [2.24, 2.45) is 0 Å². The van der Waals surface area contributed by atoms with Crippen LogP contribution in [0.4, 0.5) is 0 Å². The minimum atomic E-state index is -2.77. The number of carbonyl (C=O) groups is 4. The second-order valence-corrected chi connectivity index (χ2v) is 5.30. The summed E-state index contributed by atoms with van der Waals surface area (Å²) in [7, 11) is 0. The van der Waals surface area contributed by atoms with Crippen molar-refractivity contribution in [3.8, 4) is 0 Å². The van der Waals surface area contributed by atoms with Crippen LogP contribution >= 0.6 is 0 Å². The molecule has 1 heterocycles. The summed E-state index contributed by atoms with van der Waals surface area (Å²) in [6.07, 6.45) is -2.25. The molecule has 0 radical (unpaired) electrons. The monoisotopic (exact) mass is 340 g/mol. The number of rotatable bonds is 4. The molecular formula is C18H12O7. The van der Waals surface area contributed by atoms with Crippen molar-refractivity contribution in [3.05, 3.63) is 71.8 Å². The lowest BCUT2D eigenvalue weighted by Gasteiger charge is -2.25. The molecule has 7 heteroatoms. The molecule has 0 saturated carbocycles. The standard InChI is InChI=1S/C18H12O7/c19-13(11-7-3-1-4-8-11)18(14(20)16(22)24-17(18)23)25-15(21)12-9-5-2-6-10-12/h1-10,14,20H/t14-,18+/m0/s1. The highest BCUT2D eigenvalue weighted by Crippen LogP contribution is 2.31. The molecule has 0 bridgehead atoms. The second kappa shape index (κ2) is 6.29. The van der Waals surface area contributed by atoms with Gasteiger partial charge in [-0.15, -0.1) is 0 Å². The molecule has 3 rings (SSSR count). The molecule has 2 aromatic carbocycles. The van der Waals surface area contributed by atoms with Gasteiger partial charge >= 0.3 is 23.5 Å². The smallest absolute Gasteiger partial charge is 0.370 e. The maximum absolute atomic E-state index is 12.8. The third-order valence-electron chi connectivity index (χ3n) is 3.74. The summed E-state index contributed by atoms with van der Waals surface area (Å²) in [6, 6.07) is 15.0. The molecule has 7 nitrogen and oxygen atoms in total. The zero-order valence-electron chi connectivity index (χ0n) is 12.7. The molecule has 0 aromatic heterocycles. The van der Waals surface area contributed by atoms with Crippen LogP contribution in [0.25, 0.3) is 0 Å². The molecule has 2 atom stereocenters. The van der Waals surface area contributed by atoms with Crippen LogP contribution in [0.2, 0.25) is 0 Å². The molecule has 1 aliphatic rings. The summed E-state index contributed by atoms with van der Waals surface area (Å²) >= 11 is 0. The van der Waals surface area contributed by atoms with E-state index in [4.69, 9.17) is 4.74 Å². The Kier molecular flexibility index (Phi) is 4.16. The van der Waals surface area contributed by atoms with E-state index < -0.39 is 35.4 Å². The predicted octanol–water partition coefficient (Wildman–Crippen LogP) is 0.909. The van der Waals surface area contributed by atoms with Crippen molar-refractivity contribution in [1.82, 2.24) is 0 Å². The van der Waals surface area contributed by atoms with Crippen LogP contribution in [0, 0.1) is 0 Å². The first-order valence-electron chi connectivity index (χ1n) is 7.29. The molecule has 1 aliphatic heterocycles. The van der Waals surface area contributed by atoms with E-state index in [1.807, 2.05) is 0 Å². The first-order valence-corrected chi connectivity index (χ1v) is 7.29. The van der Waals surface area contributed by atoms with Gasteiger partial charge in [-0.25, -0.2) is 14.4 Å².